The Hall–Kier alpha value is -1.31. The first-order valence-electron chi connectivity index (χ1n) is 3.76. The Kier molecular flexibility index (Phi) is 1.82. The molecule has 0 aromatic carbocycles. The van der Waals surface area contributed by atoms with Crippen molar-refractivity contribution in [2.75, 3.05) is 6.61 Å². The maximum Gasteiger partial charge on any atom is 0.203 e. The highest BCUT2D eigenvalue weighted by Crippen LogP contribution is 2.22. The van der Waals surface area contributed by atoms with Gasteiger partial charge in [-0.05, 0) is 12.5 Å². The van der Waals surface area contributed by atoms with Crippen molar-refractivity contribution in [1.29, 1.82) is 5.26 Å². The lowest BCUT2D eigenvalue weighted by Crippen LogP contribution is -2.10. The zero-order valence-electron chi connectivity index (χ0n) is 6.41. The topological polar surface area (TPSA) is 58.2 Å². The van der Waals surface area contributed by atoms with Crippen LogP contribution in [0, 0.1) is 11.3 Å². The van der Waals surface area contributed by atoms with Crippen LogP contribution in [0.3, 0.4) is 0 Å². The Labute approximate surface area is 69.7 Å². The van der Waals surface area contributed by atoms with E-state index in [9.17, 15) is 0 Å². The smallest absolute Gasteiger partial charge is 0.203 e. The van der Waals surface area contributed by atoms with E-state index in [1.807, 2.05) is 6.07 Å². The minimum Gasteiger partial charge on any atom is -0.454 e. The van der Waals surface area contributed by atoms with Gasteiger partial charge in [0.2, 0.25) is 5.76 Å². The van der Waals surface area contributed by atoms with Crippen LogP contribution in [-0.4, -0.2) is 6.61 Å². The number of hydrogen-bond acceptors (Lipinski definition) is 4. The predicted molar refractivity (Wildman–Crippen MR) is 39.9 cm³/mol. The van der Waals surface area contributed by atoms with Gasteiger partial charge in [-0.2, -0.15) is 10.7 Å². The molecule has 0 radical (unpaired) electrons. The third kappa shape index (κ3) is 1.20. The lowest BCUT2D eigenvalue weighted by molar-refractivity contribution is 0.0882. The van der Waals surface area contributed by atoms with Gasteiger partial charge in [0.15, 0.2) is 0 Å². The van der Waals surface area contributed by atoms with Crippen LogP contribution >= 0.6 is 0 Å². The van der Waals surface area contributed by atoms with Crippen LogP contribution in [0.1, 0.15) is 23.8 Å². The standard InChI is InChI=1S/C8H8N2O2/c9-4-7-3-6(5-11-7)8-1-2-12-10-8/h3,5,8,10H,1-2H2/t8-/m0/s1. The van der Waals surface area contributed by atoms with Crippen molar-refractivity contribution < 1.29 is 9.25 Å². The number of nitrogens with zero attached hydrogens (tertiary/aromatic N) is 1. The molecule has 12 heavy (non-hydrogen) atoms. The van der Waals surface area contributed by atoms with Crippen LogP contribution in [-0.2, 0) is 4.84 Å². The van der Waals surface area contributed by atoms with Gasteiger partial charge in [0, 0.05) is 5.56 Å². The first kappa shape index (κ1) is 7.35. The second-order valence-electron chi connectivity index (χ2n) is 2.66. The fourth-order valence-corrected chi connectivity index (χ4v) is 1.22. The van der Waals surface area contributed by atoms with Crippen molar-refractivity contribution in [3.05, 3.63) is 23.7 Å². The zero-order chi connectivity index (χ0) is 8.39. The van der Waals surface area contributed by atoms with Crippen molar-refractivity contribution in [2.24, 2.45) is 0 Å². The van der Waals surface area contributed by atoms with E-state index in [-0.39, 0.29) is 6.04 Å². The van der Waals surface area contributed by atoms with Gasteiger partial charge in [-0.15, -0.1) is 0 Å². The molecule has 1 aromatic heterocycles. The number of nitrogens with one attached hydrogen (secondary N) is 1. The van der Waals surface area contributed by atoms with Crippen LogP contribution in [0.2, 0.25) is 0 Å². The van der Waals surface area contributed by atoms with Gasteiger partial charge in [-0.3, -0.25) is 0 Å². The average molecular weight is 164 g/mol. The quantitative estimate of drug-likeness (QED) is 0.675. The molecule has 1 saturated heterocycles. The minimum absolute atomic E-state index is 0.177. The third-order valence-corrected chi connectivity index (χ3v) is 1.87. The van der Waals surface area contributed by atoms with E-state index in [1.165, 1.54) is 0 Å². The van der Waals surface area contributed by atoms with E-state index in [2.05, 4.69) is 5.48 Å². The molecule has 1 atom stereocenters. The van der Waals surface area contributed by atoms with E-state index in [0.29, 0.717) is 12.4 Å². The third-order valence-electron chi connectivity index (χ3n) is 1.87. The molecule has 1 aromatic rings. The van der Waals surface area contributed by atoms with Gasteiger partial charge in [0.25, 0.3) is 0 Å². The average Bonchev–Trinajstić information content (AvgIpc) is 2.75. The number of nitriles is 1. The number of rotatable bonds is 1. The Morgan fingerprint density at radius 3 is 3.17 bits per heavy atom. The summed E-state index contributed by atoms with van der Waals surface area (Å²) in [5, 5.41) is 8.50. The fourth-order valence-electron chi connectivity index (χ4n) is 1.22. The van der Waals surface area contributed by atoms with Gasteiger partial charge in [0.1, 0.15) is 6.07 Å². The van der Waals surface area contributed by atoms with Crippen molar-refractivity contribution in [3.8, 4) is 6.07 Å². The van der Waals surface area contributed by atoms with Gasteiger partial charge in [0.05, 0.1) is 18.9 Å². The summed E-state index contributed by atoms with van der Waals surface area (Å²) in [5.41, 5.74) is 3.82. The summed E-state index contributed by atoms with van der Waals surface area (Å²) in [7, 11) is 0. The van der Waals surface area contributed by atoms with Crippen molar-refractivity contribution >= 4 is 0 Å². The molecule has 4 nitrogen and oxygen atoms in total. The van der Waals surface area contributed by atoms with Crippen molar-refractivity contribution in [3.63, 3.8) is 0 Å². The Morgan fingerprint density at radius 2 is 2.58 bits per heavy atom. The number of hydrogen-bond donors (Lipinski definition) is 1. The van der Waals surface area contributed by atoms with E-state index in [0.717, 1.165) is 12.0 Å². The number of hydroxylamine groups is 1. The van der Waals surface area contributed by atoms with Crippen LogP contribution in [0.25, 0.3) is 0 Å². The summed E-state index contributed by atoms with van der Waals surface area (Å²) < 4.78 is 4.97. The first-order chi connectivity index (χ1) is 5.90. The molecule has 1 fully saturated rings. The molecular formula is C8H8N2O2. The molecule has 62 valence electrons. The van der Waals surface area contributed by atoms with E-state index >= 15 is 0 Å². The number of furan rings is 1. The highest BCUT2D eigenvalue weighted by Gasteiger charge is 2.18. The summed E-state index contributed by atoms with van der Waals surface area (Å²) >= 11 is 0. The van der Waals surface area contributed by atoms with Gasteiger partial charge in [-0.25, -0.2) is 0 Å². The highest BCUT2D eigenvalue weighted by molar-refractivity contribution is 5.25. The molecule has 1 aliphatic rings. The molecule has 0 aliphatic carbocycles. The normalized spacial score (nSPS) is 22.4. The Balaban J connectivity index is 2.17. The van der Waals surface area contributed by atoms with Gasteiger partial charge in [-0.1, -0.05) is 0 Å². The van der Waals surface area contributed by atoms with Gasteiger partial charge < -0.3 is 9.25 Å². The van der Waals surface area contributed by atoms with Crippen LogP contribution < -0.4 is 5.48 Å². The van der Waals surface area contributed by atoms with E-state index in [4.69, 9.17) is 14.5 Å². The molecule has 1 N–H and O–H groups in total. The summed E-state index contributed by atoms with van der Waals surface area (Å²) in [4.78, 5) is 4.98. The lowest BCUT2D eigenvalue weighted by Gasteiger charge is -2.02. The summed E-state index contributed by atoms with van der Waals surface area (Å²) in [6.07, 6.45) is 2.51. The fraction of sp³-hybridized carbons (Fsp3) is 0.375. The van der Waals surface area contributed by atoms with E-state index < -0.39 is 0 Å². The molecule has 0 unspecified atom stereocenters. The van der Waals surface area contributed by atoms with Gasteiger partial charge >= 0.3 is 0 Å². The van der Waals surface area contributed by atoms with Crippen molar-refractivity contribution in [1.82, 2.24) is 5.48 Å². The molecule has 2 rings (SSSR count). The molecule has 2 heterocycles. The van der Waals surface area contributed by atoms with Crippen molar-refractivity contribution in [2.45, 2.75) is 12.5 Å². The molecule has 0 spiro atoms. The molecular weight excluding hydrogens is 156 g/mol. The van der Waals surface area contributed by atoms with Crippen LogP contribution in [0.4, 0.5) is 0 Å². The molecule has 0 saturated carbocycles. The summed E-state index contributed by atoms with van der Waals surface area (Å²) in [5.74, 6) is 0.346. The van der Waals surface area contributed by atoms with E-state index in [1.54, 1.807) is 12.3 Å². The largest absolute Gasteiger partial charge is 0.454 e. The molecule has 0 bridgehead atoms. The Morgan fingerprint density at radius 1 is 1.67 bits per heavy atom. The lowest BCUT2D eigenvalue weighted by atomic mass is 10.1. The summed E-state index contributed by atoms with van der Waals surface area (Å²) in [6, 6.07) is 3.84. The molecule has 4 heteroatoms. The SMILES string of the molecule is N#Cc1cc([C@@H]2CCON2)co1. The predicted octanol–water partition coefficient (Wildman–Crippen LogP) is 1.12. The molecule has 1 aliphatic heterocycles. The van der Waals surface area contributed by atoms with Crippen LogP contribution in [0.5, 0.6) is 0 Å². The molecule has 0 amide bonds. The monoisotopic (exact) mass is 164 g/mol. The maximum absolute atomic E-state index is 8.50. The summed E-state index contributed by atoms with van der Waals surface area (Å²) in [6.45, 7) is 0.706. The second kappa shape index (κ2) is 2.97. The second-order valence-corrected chi connectivity index (χ2v) is 2.66. The van der Waals surface area contributed by atoms with Crippen LogP contribution in [0.15, 0.2) is 16.7 Å². The first-order valence-corrected chi connectivity index (χ1v) is 3.76. The zero-order valence-corrected chi connectivity index (χ0v) is 6.41. The highest BCUT2D eigenvalue weighted by atomic mass is 16.7. The maximum atomic E-state index is 8.50. The Bertz CT molecular complexity index is 307. The minimum atomic E-state index is 0.177.